The summed E-state index contributed by atoms with van der Waals surface area (Å²) in [6.45, 7) is 2.03. The van der Waals surface area contributed by atoms with Crippen molar-refractivity contribution in [1.29, 1.82) is 0 Å². The number of hydrogen-bond donors (Lipinski definition) is 1. The number of alkyl halides is 2. The van der Waals surface area contributed by atoms with Crippen LogP contribution in [0.1, 0.15) is 18.0 Å². The van der Waals surface area contributed by atoms with Crippen LogP contribution in [0.2, 0.25) is 0 Å². The maximum Gasteiger partial charge on any atom is 0.321 e. The number of carbonyl (C=O) groups is 1. The van der Waals surface area contributed by atoms with E-state index in [1.807, 2.05) is 6.07 Å². The second-order valence-corrected chi connectivity index (χ2v) is 7.81. The van der Waals surface area contributed by atoms with Gasteiger partial charge in [-0.05, 0) is 18.2 Å². The van der Waals surface area contributed by atoms with Gasteiger partial charge in [-0.15, -0.1) is 15.3 Å². The molecule has 0 saturated carbocycles. The number of anilines is 1. The Morgan fingerprint density at radius 3 is 2.69 bits per heavy atom. The smallest absolute Gasteiger partial charge is 0.321 e. The molecule has 1 N–H and O–H groups in total. The van der Waals surface area contributed by atoms with Crippen LogP contribution >= 0.6 is 0 Å². The Hall–Kier alpha value is -4.33. The van der Waals surface area contributed by atoms with E-state index >= 15 is 0 Å². The summed E-state index contributed by atoms with van der Waals surface area (Å²) >= 11 is 0. The van der Waals surface area contributed by atoms with Gasteiger partial charge < -0.3 is 19.4 Å². The molecule has 4 heterocycles. The summed E-state index contributed by atoms with van der Waals surface area (Å²) in [6, 6.07) is 7.97. The number of amides is 2. The standard InChI is InChI=1S/C22H19F3N8O3/c23-16-9-14(20-29-30-21(36-20)19(24)25)10-26-18(16)12-33-11-17(28-31-33)13-2-1-3-15(8-13)27-22(34)32-4-6-35-7-5-32/h1-3,8-11,19H,4-7,12H2,(H,27,34). The van der Waals surface area contributed by atoms with Gasteiger partial charge in [-0.2, -0.15) is 8.78 Å². The van der Waals surface area contributed by atoms with Crippen LogP contribution in [0, 0.1) is 5.82 Å². The molecule has 3 aromatic heterocycles. The molecule has 11 nitrogen and oxygen atoms in total. The molecule has 1 aromatic carbocycles. The SMILES string of the molecule is O=C(Nc1cccc(-c2cn(Cc3ncc(-c4nnc(C(F)F)o4)cc3F)nn2)c1)N1CCOCC1. The number of nitrogens with one attached hydrogen (secondary N) is 1. The predicted octanol–water partition coefficient (Wildman–Crippen LogP) is 3.38. The largest absolute Gasteiger partial charge is 0.415 e. The molecule has 0 bridgehead atoms. The predicted molar refractivity (Wildman–Crippen MR) is 118 cm³/mol. The van der Waals surface area contributed by atoms with Crippen LogP contribution in [0.4, 0.5) is 23.7 Å². The molecule has 4 aromatic rings. The average molecular weight is 500 g/mol. The van der Waals surface area contributed by atoms with Gasteiger partial charge in [0.1, 0.15) is 11.5 Å². The van der Waals surface area contributed by atoms with Crippen molar-refractivity contribution in [2.75, 3.05) is 31.6 Å². The van der Waals surface area contributed by atoms with Crippen LogP contribution in [0.25, 0.3) is 22.7 Å². The van der Waals surface area contributed by atoms with E-state index in [-0.39, 0.29) is 29.7 Å². The second-order valence-electron chi connectivity index (χ2n) is 7.81. The zero-order valence-corrected chi connectivity index (χ0v) is 18.6. The quantitative estimate of drug-likeness (QED) is 0.427. The Kier molecular flexibility index (Phi) is 6.58. The second kappa shape index (κ2) is 10.1. The lowest BCUT2D eigenvalue weighted by Gasteiger charge is -2.26. The fourth-order valence-electron chi connectivity index (χ4n) is 3.53. The number of carbonyl (C=O) groups excluding carboxylic acids is 1. The zero-order chi connectivity index (χ0) is 25.1. The summed E-state index contributed by atoms with van der Waals surface area (Å²) in [5.41, 5.74) is 1.94. The summed E-state index contributed by atoms with van der Waals surface area (Å²) in [7, 11) is 0. The number of rotatable bonds is 6. The highest BCUT2D eigenvalue weighted by Gasteiger charge is 2.19. The molecule has 5 rings (SSSR count). The number of benzene rings is 1. The Bertz CT molecular complexity index is 1370. The lowest BCUT2D eigenvalue weighted by molar-refractivity contribution is 0.0564. The fraction of sp³-hybridized carbons (Fsp3) is 0.273. The first-order chi connectivity index (χ1) is 17.5. The summed E-state index contributed by atoms with van der Waals surface area (Å²) < 4.78 is 51.4. The van der Waals surface area contributed by atoms with Crippen molar-refractivity contribution in [1.82, 2.24) is 35.1 Å². The number of ether oxygens (including phenoxy) is 1. The Balaban J connectivity index is 1.27. The highest BCUT2D eigenvalue weighted by atomic mass is 19.3. The minimum atomic E-state index is -2.92. The molecule has 0 aliphatic carbocycles. The van der Waals surface area contributed by atoms with E-state index in [1.54, 1.807) is 29.3 Å². The van der Waals surface area contributed by atoms with Gasteiger partial charge in [-0.3, -0.25) is 4.98 Å². The Labute approximate surface area is 201 Å². The maximum absolute atomic E-state index is 14.6. The topological polar surface area (TPSA) is 124 Å². The van der Waals surface area contributed by atoms with E-state index in [0.717, 1.165) is 6.07 Å². The molecule has 186 valence electrons. The minimum Gasteiger partial charge on any atom is -0.415 e. The van der Waals surface area contributed by atoms with Gasteiger partial charge in [0.15, 0.2) is 0 Å². The summed E-state index contributed by atoms with van der Waals surface area (Å²) in [6.07, 6.45) is -0.0589. The van der Waals surface area contributed by atoms with E-state index in [1.165, 1.54) is 10.9 Å². The van der Waals surface area contributed by atoms with Gasteiger partial charge in [0.25, 0.3) is 5.89 Å². The van der Waals surface area contributed by atoms with Crippen LogP contribution in [0.3, 0.4) is 0 Å². The molecule has 1 aliphatic heterocycles. The fourth-order valence-corrected chi connectivity index (χ4v) is 3.53. The number of nitrogens with zero attached hydrogens (tertiary/aromatic N) is 7. The van der Waals surface area contributed by atoms with Crippen molar-refractivity contribution < 1.29 is 27.1 Å². The van der Waals surface area contributed by atoms with Gasteiger partial charge in [-0.1, -0.05) is 17.3 Å². The van der Waals surface area contributed by atoms with Crippen LogP contribution in [0.15, 0.2) is 47.1 Å². The van der Waals surface area contributed by atoms with Crippen LogP contribution in [0.5, 0.6) is 0 Å². The van der Waals surface area contributed by atoms with Crippen molar-refractivity contribution in [3.05, 3.63) is 60.1 Å². The minimum absolute atomic E-state index is 0.0291. The molecule has 0 radical (unpaired) electrons. The van der Waals surface area contributed by atoms with Gasteiger partial charge in [0.05, 0.1) is 37.2 Å². The number of hydrogen-bond acceptors (Lipinski definition) is 8. The lowest BCUT2D eigenvalue weighted by Crippen LogP contribution is -2.43. The average Bonchev–Trinajstić information content (AvgIpc) is 3.57. The van der Waals surface area contributed by atoms with Crippen LogP contribution in [-0.2, 0) is 11.3 Å². The van der Waals surface area contributed by atoms with Crippen molar-refractivity contribution in [3.63, 3.8) is 0 Å². The third-order valence-electron chi connectivity index (χ3n) is 5.35. The van der Waals surface area contributed by atoms with E-state index < -0.39 is 18.1 Å². The molecule has 0 spiro atoms. The molecule has 0 unspecified atom stereocenters. The first-order valence-electron chi connectivity index (χ1n) is 10.9. The van der Waals surface area contributed by atoms with Crippen LogP contribution < -0.4 is 5.32 Å². The Morgan fingerprint density at radius 2 is 1.94 bits per heavy atom. The monoisotopic (exact) mass is 500 g/mol. The van der Waals surface area contributed by atoms with Gasteiger partial charge in [-0.25, -0.2) is 13.9 Å². The molecule has 1 aliphatic rings. The first-order valence-corrected chi connectivity index (χ1v) is 10.9. The third kappa shape index (κ3) is 5.17. The molecular weight excluding hydrogens is 481 g/mol. The van der Waals surface area contributed by atoms with E-state index in [9.17, 15) is 18.0 Å². The first kappa shape index (κ1) is 23.4. The Morgan fingerprint density at radius 1 is 1.11 bits per heavy atom. The highest BCUT2D eigenvalue weighted by molar-refractivity contribution is 5.90. The molecule has 14 heteroatoms. The third-order valence-corrected chi connectivity index (χ3v) is 5.35. The van der Waals surface area contributed by atoms with E-state index in [0.29, 0.717) is 43.2 Å². The highest BCUT2D eigenvalue weighted by Crippen LogP contribution is 2.25. The number of aromatic nitrogens is 6. The molecule has 36 heavy (non-hydrogen) atoms. The zero-order valence-electron chi connectivity index (χ0n) is 18.6. The summed E-state index contributed by atoms with van der Waals surface area (Å²) in [5.74, 6) is -1.81. The summed E-state index contributed by atoms with van der Waals surface area (Å²) in [4.78, 5) is 18.2. The van der Waals surface area contributed by atoms with Crippen molar-refractivity contribution in [3.8, 4) is 22.7 Å². The normalized spacial score (nSPS) is 13.8. The molecule has 1 fully saturated rings. The van der Waals surface area contributed by atoms with Crippen molar-refractivity contribution in [2.24, 2.45) is 0 Å². The molecule has 1 saturated heterocycles. The number of pyridine rings is 1. The van der Waals surface area contributed by atoms with Crippen molar-refractivity contribution >= 4 is 11.7 Å². The molecular formula is C22H19F3N8O3. The maximum atomic E-state index is 14.6. The summed E-state index contributed by atoms with van der Waals surface area (Å²) in [5, 5.41) is 17.7. The van der Waals surface area contributed by atoms with E-state index in [4.69, 9.17) is 9.15 Å². The van der Waals surface area contributed by atoms with Gasteiger partial charge in [0.2, 0.25) is 5.89 Å². The number of halogens is 3. The van der Waals surface area contributed by atoms with Crippen LogP contribution in [-0.4, -0.2) is 67.4 Å². The molecule has 0 atom stereocenters. The molecule has 2 amide bonds. The van der Waals surface area contributed by atoms with Crippen molar-refractivity contribution in [2.45, 2.75) is 13.0 Å². The van der Waals surface area contributed by atoms with Gasteiger partial charge >= 0.3 is 12.5 Å². The lowest BCUT2D eigenvalue weighted by atomic mass is 10.1. The van der Waals surface area contributed by atoms with E-state index in [2.05, 4.69) is 30.8 Å². The number of morpholine rings is 1. The van der Waals surface area contributed by atoms with Gasteiger partial charge in [0, 0.05) is 30.5 Å². The number of urea groups is 1.